The predicted molar refractivity (Wildman–Crippen MR) is 76.6 cm³/mol. The molecule has 1 aromatic carbocycles. The normalized spacial score (nSPS) is 25.6. The summed E-state index contributed by atoms with van der Waals surface area (Å²) in [5.74, 6) is 0.127. The first kappa shape index (κ1) is 13.9. The van der Waals surface area contributed by atoms with Crippen molar-refractivity contribution in [1.82, 2.24) is 0 Å². The number of aryl methyl sites for hydroxylation is 1. The molecule has 1 aromatic rings. The van der Waals surface area contributed by atoms with Gasteiger partial charge in [0.05, 0.1) is 12.2 Å². The lowest BCUT2D eigenvalue weighted by Gasteiger charge is -2.43. The lowest BCUT2D eigenvalue weighted by atomic mass is 9.79. The molecule has 2 nitrogen and oxygen atoms in total. The van der Waals surface area contributed by atoms with E-state index in [2.05, 4.69) is 0 Å². The maximum absolute atomic E-state index is 13.8. The number of benzene rings is 1. The van der Waals surface area contributed by atoms with E-state index in [1.165, 1.54) is 25.3 Å². The molecule has 3 rings (SSSR count). The summed E-state index contributed by atoms with van der Waals surface area (Å²) in [6, 6.07) is 5.05. The van der Waals surface area contributed by atoms with E-state index in [0.717, 1.165) is 37.9 Å². The number of rotatable bonds is 2. The molecule has 20 heavy (non-hydrogen) atoms. The van der Waals surface area contributed by atoms with Crippen LogP contribution in [0.25, 0.3) is 0 Å². The van der Waals surface area contributed by atoms with Gasteiger partial charge in [-0.1, -0.05) is 25.3 Å². The van der Waals surface area contributed by atoms with E-state index >= 15 is 0 Å². The zero-order chi connectivity index (χ0) is 14.0. The van der Waals surface area contributed by atoms with Gasteiger partial charge in [0.15, 0.2) is 11.6 Å². The van der Waals surface area contributed by atoms with E-state index in [-0.39, 0.29) is 17.5 Å². The quantitative estimate of drug-likeness (QED) is 0.798. The topological polar surface area (TPSA) is 18.5 Å². The minimum absolute atomic E-state index is 0.00146. The smallest absolute Gasteiger partial charge is 0.165 e. The summed E-state index contributed by atoms with van der Waals surface area (Å²) in [6.07, 6.45) is 7.89. The van der Waals surface area contributed by atoms with E-state index in [9.17, 15) is 4.39 Å². The Kier molecular flexibility index (Phi) is 3.97. The Hall–Kier alpha value is -1.09. The van der Waals surface area contributed by atoms with Crippen molar-refractivity contribution in [2.75, 3.05) is 6.61 Å². The predicted octanol–water partition coefficient (Wildman–Crippen LogP) is 4.39. The number of halogens is 1. The zero-order valence-corrected chi connectivity index (χ0v) is 12.2. The summed E-state index contributed by atoms with van der Waals surface area (Å²) in [6.45, 7) is 2.69. The van der Waals surface area contributed by atoms with Gasteiger partial charge in [-0.25, -0.2) is 4.39 Å². The lowest BCUT2D eigenvalue weighted by Crippen LogP contribution is -2.45. The highest BCUT2D eigenvalue weighted by atomic mass is 19.1. The minimum Gasteiger partial charge on any atom is -0.487 e. The van der Waals surface area contributed by atoms with Crippen LogP contribution in [0.15, 0.2) is 18.2 Å². The van der Waals surface area contributed by atoms with Gasteiger partial charge in [-0.2, -0.15) is 0 Å². The summed E-state index contributed by atoms with van der Waals surface area (Å²) >= 11 is 0. The molecule has 1 spiro atoms. The van der Waals surface area contributed by atoms with Crippen LogP contribution in [0.3, 0.4) is 0 Å². The molecule has 0 amide bonds. The van der Waals surface area contributed by atoms with Gasteiger partial charge in [-0.3, -0.25) is 0 Å². The Morgan fingerprint density at radius 2 is 2.05 bits per heavy atom. The summed E-state index contributed by atoms with van der Waals surface area (Å²) in [4.78, 5) is 0. The van der Waals surface area contributed by atoms with Crippen LogP contribution >= 0.6 is 0 Å². The van der Waals surface area contributed by atoms with Crippen LogP contribution in [0.4, 0.5) is 4.39 Å². The summed E-state index contributed by atoms with van der Waals surface area (Å²) < 4.78 is 25.8. The lowest BCUT2D eigenvalue weighted by molar-refractivity contribution is -0.130. The molecule has 110 valence electrons. The molecule has 3 heteroatoms. The fourth-order valence-corrected chi connectivity index (χ4v) is 3.51. The highest BCUT2D eigenvalue weighted by Crippen LogP contribution is 2.39. The van der Waals surface area contributed by atoms with E-state index in [1.807, 2.05) is 6.92 Å². The van der Waals surface area contributed by atoms with Crippen LogP contribution in [-0.2, 0) is 4.74 Å². The summed E-state index contributed by atoms with van der Waals surface area (Å²) in [7, 11) is 0. The van der Waals surface area contributed by atoms with Crippen LogP contribution in [0.5, 0.6) is 5.75 Å². The van der Waals surface area contributed by atoms with Gasteiger partial charge in [-0.05, 0) is 37.5 Å². The van der Waals surface area contributed by atoms with Crippen molar-refractivity contribution in [2.45, 2.75) is 63.6 Å². The second-order valence-electron chi connectivity index (χ2n) is 6.26. The second kappa shape index (κ2) is 5.72. The van der Waals surface area contributed by atoms with Crippen LogP contribution in [0, 0.1) is 12.7 Å². The molecule has 0 N–H and O–H groups in total. The monoisotopic (exact) mass is 278 g/mol. The molecule has 0 bridgehead atoms. The van der Waals surface area contributed by atoms with E-state index in [4.69, 9.17) is 9.47 Å². The largest absolute Gasteiger partial charge is 0.487 e. The third-order valence-corrected chi connectivity index (χ3v) is 4.59. The van der Waals surface area contributed by atoms with Gasteiger partial charge in [-0.15, -0.1) is 0 Å². The standard InChI is InChI=1S/C17H23FO2/c1-13-5-6-15(18)16(11-13)20-14-7-10-19-17(12-14)8-3-2-4-9-17/h5-6,11,14H,2-4,7-10,12H2,1H3. The van der Waals surface area contributed by atoms with Crippen molar-refractivity contribution in [1.29, 1.82) is 0 Å². The average molecular weight is 278 g/mol. The highest BCUT2D eigenvalue weighted by molar-refractivity contribution is 5.29. The molecule has 2 fully saturated rings. The molecule has 1 unspecified atom stereocenters. The van der Waals surface area contributed by atoms with E-state index in [1.54, 1.807) is 12.1 Å². The van der Waals surface area contributed by atoms with Crippen molar-refractivity contribution < 1.29 is 13.9 Å². The Morgan fingerprint density at radius 3 is 2.85 bits per heavy atom. The van der Waals surface area contributed by atoms with Crippen molar-refractivity contribution in [3.05, 3.63) is 29.6 Å². The van der Waals surface area contributed by atoms with Crippen LogP contribution in [0.1, 0.15) is 50.5 Å². The molecule has 1 atom stereocenters. The summed E-state index contributed by atoms with van der Waals surface area (Å²) in [5.41, 5.74) is 1.03. The number of hydrogen-bond donors (Lipinski definition) is 0. The first-order chi connectivity index (χ1) is 9.67. The Labute approximate surface area is 120 Å². The van der Waals surface area contributed by atoms with Gasteiger partial charge in [0.2, 0.25) is 0 Å². The molecule has 1 saturated carbocycles. The molecule has 1 saturated heterocycles. The van der Waals surface area contributed by atoms with Gasteiger partial charge in [0.1, 0.15) is 6.10 Å². The third kappa shape index (κ3) is 2.98. The summed E-state index contributed by atoms with van der Waals surface area (Å²) in [5, 5.41) is 0. The molecule has 0 radical (unpaired) electrons. The molecule has 1 aliphatic heterocycles. The molecular formula is C17H23FO2. The Bertz CT molecular complexity index is 461. The maximum Gasteiger partial charge on any atom is 0.165 e. The first-order valence-electron chi connectivity index (χ1n) is 7.74. The Balaban J connectivity index is 1.69. The van der Waals surface area contributed by atoms with Gasteiger partial charge in [0.25, 0.3) is 0 Å². The molecule has 1 aliphatic carbocycles. The Morgan fingerprint density at radius 1 is 1.25 bits per heavy atom. The second-order valence-corrected chi connectivity index (χ2v) is 6.26. The fraction of sp³-hybridized carbons (Fsp3) is 0.647. The van der Waals surface area contributed by atoms with E-state index < -0.39 is 0 Å². The zero-order valence-electron chi connectivity index (χ0n) is 12.2. The van der Waals surface area contributed by atoms with Crippen molar-refractivity contribution in [3.63, 3.8) is 0 Å². The first-order valence-corrected chi connectivity index (χ1v) is 7.74. The van der Waals surface area contributed by atoms with Crippen molar-refractivity contribution in [3.8, 4) is 5.75 Å². The van der Waals surface area contributed by atoms with Gasteiger partial charge in [0, 0.05) is 12.8 Å². The van der Waals surface area contributed by atoms with Crippen molar-refractivity contribution >= 4 is 0 Å². The minimum atomic E-state index is -0.264. The SMILES string of the molecule is Cc1ccc(F)c(OC2CCOC3(CCCCC3)C2)c1. The number of hydrogen-bond acceptors (Lipinski definition) is 2. The van der Waals surface area contributed by atoms with E-state index in [0.29, 0.717) is 5.75 Å². The van der Waals surface area contributed by atoms with Crippen LogP contribution in [0.2, 0.25) is 0 Å². The van der Waals surface area contributed by atoms with Gasteiger partial charge < -0.3 is 9.47 Å². The van der Waals surface area contributed by atoms with Crippen LogP contribution in [-0.4, -0.2) is 18.3 Å². The van der Waals surface area contributed by atoms with Crippen molar-refractivity contribution in [2.24, 2.45) is 0 Å². The maximum atomic E-state index is 13.8. The molecule has 2 aliphatic rings. The van der Waals surface area contributed by atoms with Gasteiger partial charge >= 0.3 is 0 Å². The number of ether oxygens (including phenoxy) is 2. The fourth-order valence-electron chi connectivity index (χ4n) is 3.51. The molecule has 1 heterocycles. The van der Waals surface area contributed by atoms with Crippen LogP contribution < -0.4 is 4.74 Å². The highest BCUT2D eigenvalue weighted by Gasteiger charge is 2.39. The third-order valence-electron chi connectivity index (χ3n) is 4.59. The molecular weight excluding hydrogens is 255 g/mol. The molecule has 0 aromatic heterocycles. The average Bonchev–Trinajstić information content (AvgIpc) is 2.44.